The fraction of sp³-hybridized carbons (Fsp3) is 1.00. The summed E-state index contributed by atoms with van der Waals surface area (Å²) in [4.78, 5) is 0. The van der Waals surface area contributed by atoms with Crippen molar-refractivity contribution >= 4 is 42.3 Å². The summed E-state index contributed by atoms with van der Waals surface area (Å²) in [6, 6.07) is 0. The Morgan fingerprint density at radius 2 is 0.444 bits per heavy atom. The van der Waals surface area contributed by atoms with Gasteiger partial charge in [0.2, 0.25) is 0 Å². The van der Waals surface area contributed by atoms with Crippen LogP contribution in [-0.4, -0.2) is 42.3 Å². The molecule has 0 fully saturated rings. The topological polar surface area (TPSA) is 0 Å². The molecule has 0 aromatic heterocycles. The average Bonchev–Trinajstić information content (AvgIpc) is 2.46. The van der Waals surface area contributed by atoms with Gasteiger partial charge in [-0.1, -0.05) is 0 Å². The molecule has 0 rings (SSSR count). The van der Waals surface area contributed by atoms with E-state index < -0.39 is 42.3 Å². The van der Waals surface area contributed by atoms with Gasteiger partial charge < -0.3 is 0 Å². The van der Waals surface area contributed by atoms with Crippen molar-refractivity contribution < 1.29 is 0 Å². The summed E-state index contributed by atoms with van der Waals surface area (Å²) in [6.07, 6.45) is 0. The molecule has 0 aromatic rings. The van der Waals surface area contributed by atoms with Crippen molar-refractivity contribution in [2.45, 2.75) is 87.2 Å². The molecule has 2 heteroatoms. The molecule has 0 aromatic carbocycles. The third kappa shape index (κ3) is 7.58. The SMILES string of the molecule is C[CH2][Pb]([CH2]C)([CH2]C)[CH2]C.C[CH2][Pb]([CH2]C)([CH2]C)[CH2]C. The zero-order chi connectivity index (χ0) is 14.7. The van der Waals surface area contributed by atoms with Gasteiger partial charge in [-0.15, -0.1) is 0 Å². The predicted octanol–water partition coefficient (Wildman–Crippen LogP) is 7.03. The van der Waals surface area contributed by atoms with Crippen LogP contribution >= 0.6 is 0 Å². The van der Waals surface area contributed by atoms with Gasteiger partial charge in [-0.3, -0.25) is 0 Å². The Bertz CT molecular complexity index is 115. The van der Waals surface area contributed by atoms with Crippen LogP contribution in [0, 0.1) is 0 Å². The predicted molar refractivity (Wildman–Crippen MR) is 95.4 cm³/mol. The van der Waals surface area contributed by atoms with Crippen LogP contribution in [0.2, 0.25) is 31.8 Å². The molecule has 18 heavy (non-hydrogen) atoms. The summed E-state index contributed by atoms with van der Waals surface area (Å²) < 4.78 is 12.5. The van der Waals surface area contributed by atoms with Gasteiger partial charge in [0, 0.05) is 0 Å². The Hall–Kier alpha value is 1.84. The molecule has 0 aliphatic heterocycles. The first-order valence-electron chi connectivity index (χ1n) is 8.49. The van der Waals surface area contributed by atoms with Crippen molar-refractivity contribution in [2.24, 2.45) is 0 Å². The van der Waals surface area contributed by atoms with Crippen LogP contribution < -0.4 is 0 Å². The van der Waals surface area contributed by atoms with Gasteiger partial charge in [0.1, 0.15) is 0 Å². The molecule has 0 unspecified atom stereocenters. The van der Waals surface area contributed by atoms with Crippen molar-refractivity contribution in [3.05, 3.63) is 0 Å². The third-order valence-electron chi connectivity index (χ3n) is 6.00. The molecule has 0 bridgehead atoms. The van der Waals surface area contributed by atoms with Crippen LogP contribution in [0.4, 0.5) is 0 Å². The Morgan fingerprint density at radius 1 is 0.333 bits per heavy atom. The molecule has 0 nitrogen and oxygen atoms in total. The molecule has 0 aliphatic rings. The Kier molecular flexibility index (Phi) is 15.5. The molecule has 0 N–H and O–H groups in total. The summed E-state index contributed by atoms with van der Waals surface area (Å²) >= 11 is -3.01. The van der Waals surface area contributed by atoms with E-state index in [2.05, 4.69) is 55.4 Å². The molecule has 0 atom stereocenters. The molecule has 112 valence electrons. The zero-order valence-corrected chi connectivity index (χ0v) is 22.4. The van der Waals surface area contributed by atoms with Gasteiger partial charge in [-0.05, 0) is 0 Å². The fourth-order valence-corrected chi connectivity index (χ4v) is 26.3. The van der Waals surface area contributed by atoms with Gasteiger partial charge in [-0.25, -0.2) is 0 Å². The van der Waals surface area contributed by atoms with Crippen LogP contribution in [0.5, 0.6) is 0 Å². The van der Waals surface area contributed by atoms with Crippen LogP contribution in [-0.2, 0) is 0 Å². The standard InChI is InChI=1S/8C2H5.2Pb/c8*1-2;;/h8*1H2,2H3;;. The van der Waals surface area contributed by atoms with E-state index in [-0.39, 0.29) is 0 Å². The summed E-state index contributed by atoms with van der Waals surface area (Å²) in [5.74, 6) is 0. The zero-order valence-electron chi connectivity index (χ0n) is 14.7. The maximum absolute atomic E-state index is 2.40. The summed E-state index contributed by atoms with van der Waals surface area (Å²) in [5, 5.41) is 0. The van der Waals surface area contributed by atoms with E-state index in [1.54, 1.807) is 31.8 Å². The van der Waals surface area contributed by atoms with Gasteiger partial charge in [0.05, 0.1) is 0 Å². The van der Waals surface area contributed by atoms with E-state index in [1.807, 2.05) is 0 Å². The Morgan fingerprint density at radius 3 is 0.444 bits per heavy atom. The molecule has 0 saturated carbocycles. The number of rotatable bonds is 8. The molecule has 0 aliphatic carbocycles. The van der Waals surface area contributed by atoms with Crippen molar-refractivity contribution in [2.75, 3.05) is 0 Å². The van der Waals surface area contributed by atoms with E-state index in [0.717, 1.165) is 0 Å². The first-order chi connectivity index (χ1) is 8.49. The number of hydrogen-bond donors (Lipinski definition) is 0. The Labute approximate surface area is 128 Å². The molecular formula is C16H40Pb2. The summed E-state index contributed by atoms with van der Waals surface area (Å²) in [7, 11) is 0. The molecule has 0 radical (unpaired) electrons. The second-order valence-electron chi connectivity index (χ2n) is 5.83. The molecule has 0 amide bonds. The van der Waals surface area contributed by atoms with Crippen LogP contribution in [0.3, 0.4) is 0 Å². The first-order valence-corrected chi connectivity index (χ1v) is 30.5. The van der Waals surface area contributed by atoms with E-state index in [4.69, 9.17) is 0 Å². The third-order valence-corrected chi connectivity index (χ3v) is 52.6. The van der Waals surface area contributed by atoms with E-state index in [1.165, 1.54) is 0 Å². The summed E-state index contributed by atoms with van der Waals surface area (Å²) in [6.45, 7) is 19.2. The summed E-state index contributed by atoms with van der Waals surface area (Å²) in [5.41, 5.74) is 0. The molecule has 0 saturated heterocycles. The monoisotopic (exact) mass is 648 g/mol. The van der Waals surface area contributed by atoms with Gasteiger partial charge in [0.25, 0.3) is 0 Å². The van der Waals surface area contributed by atoms with E-state index in [0.29, 0.717) is 0 Å². The van der Waals surface area contributed by atoms with Crippen LogP contribution in [0.25, 0.3) is 0 Å². The van der Waals surface area contributed by atoms with Gasteiger partial charge in [-0.2, -0.15) is 0 Å². The average molecular weight is 647 g/mol. The number of hydrogen-bond acceptors (Lipinski definition) is 0. The van der Waals surface area contributed by atoms with Crippen LogP contribution in [0.1, 0.15) is 55.4 Å². The molecule has 0 heterocycles. The first kappa shape index (κ1) is 22.1. The van der Waals surface area contributed by atoms with Crippen molar-refractivity contribution in [1.82, 2.24) is 0 Å². The van der Waals surface area contributed by atoms with Gasteiger partial charge in [0.15, 0.2) is 0 Å². The minimum atomic E-state index is -1.51. The maximum atomic E-state index is 2.40. The molecule has 0 spiro atoms. The van der Waals surface area contributed by atoms with Gasteiger partial charge >= 0.3 is 130 Å². The second-order valence-corrected chi connectivity index (χ2v) is 51.1. The minimum absolute atomic E-state index is 1.51. The van der Waals surface area contributed by atoms with E-state index in [9.17, 15) is 0 Å². The molecular weight excluding hydrogens is 607 g/mol. The second kappa shape index (κ2) is 12.6. The van der Waals surface area contributed by atoms with E-state index >= 15 is 0 Å². The Balaban J connectivity index is 0. The van der Waals surface area contributed by atoms with Crippen LogP contribution in [0.15, 0.2) is 0 Å². The quantitative estimate of drug-likeness (QED) is 0.249. The van der Waals surface area contributed by atoms with Crippen molar-refractivity contribution in [3.63, 3.8) is 0 Å². The van der Waals surface area contributed by atoms with Crippen molar-refractivity contribution in [3.8, 4) is 0 Å². The normalized spacial score (nSPS) is 12.0. The fourth-order valence-electron chi connectivity index (χ4n) is 3.00. The van der Waals surface area contributed by atoms with Crippen molar-refractivity contribution in [1.29, 1.82) is 0 Å².